The molecule has 5 nitrogen and oxygen atoms in total. The molecule has 1 aromatic rings. The van der Waals surface area contributed by atoms with Gasteiger partial charge >= 0.3 is 6.09 Å². The fourth-order valence-corrected chi connectivity index (χ4v) is 2.10. The molecule has 1 amide bonds. The molecule has 0 radical (unpaired) electrons. The summed E-state index contributed by atoms with van der Waals surface area (Å²) in [5.41, 5.74) is 4.41. The first-order chi connectivity index (χ1) is 9.78. The second kappa shape index (κ2) is 7.53. The average molecular weight is 276 g/mol. The van der Waals surface area contributed by atoms with Gasteiger partial charge in [0.05, 0.1) is 7.11 Å². The maximum absolute atomic E-state index is 11.5. The highest BCUT2D eigenvalue weighted by Gasteiger charge is 2.08. The van der Waals surface area contributed by atoms with E-state index in [1.165, 1.54) is 6.42 Å². The second-order valence-electron chi connectivity index (χ2n) is 4.77. The largest absolute Gasteiger partial charge is 0.497 e. The molecule has 20 heavy (non-hydrogen) atoms. The summed E-state index contributed by atoms with van der Waals surface area (Å²) in [7, 11) is 1.61. The van der Waals surface area contributed by atoms with Crippen LogP contribution in [-0.4, -0.2) is 18.9 Å². The molecule has 0 aromatic heterocycles. The van der Waals surface area contributed by atoms with Crippen molar-refractivity contribution in [2.75, 3.05) is 7.11 Å². The lowest BCUT2D eigenvalue weighted by atomic mass is 9.99. The topological polar surface area (TPSA) is 59.9 Å². The Bertz CT molecular complexity index is 461. The van der Waals surface area contributed by atoms with Crippen molar-refractivity contribution in [1.82, 2.24) is 5.43 Å². The molecule has 1 N–H and O–H groups in total. The summed E-state index contributed by atoms with van der Waals surface area (Å²) >= 11 is 0. The zero-order chi connectivity index (χ0) is 14.2. The van der Waals surface area contributed by atoms with Gasteiger partial charge in [0, 0.05) is 5.71 Å². The minimum atomic E-state index is -0.515. The Hall–Kier alpha value is -2.04. The van der Waals surface area contributed by atoms with E-state index in [0.717, 1.165) is 42.7 Å². The van der Waals surface area contributed by atoms with Gasteiger partial charge in [-0.15, -0.1) is 0 Å². The van der Waals surface area contributed by atoms with Gasteiger partial charge in [0.15, 0.2) is 0 Å². The zero-order valence-corrected chi connectivity index (χ0v) is 11.7. The van der Waals surface area contributed by atoms with E-state index < -0.39 is 6.09 Å². The molecule has 5 heteroatoms. The Labute approximate surface area is 119 Å². The Balaban J connectivity index is 1.73. The minimum absolute atomic E-state index is 0.223. The summed E-state index contributed by atoms with van der Waals surface area (Å²) in [4.78, 5) is 11.5. The number of benzene rings is 1. The lowest BCUT2D eigenvalue weighted by Crippen LogP contribution is -2.21. The smallest absolute Gasteiger partial charge is 0.428 e. The molecule has 0 saturated heterocycles. The van der Waals surface area contributed by atoms with Gasteiger partial charge in [-0.2, -0.15) is 5.10 Å². The average Bonchev–Trinajstić information content (AvgIpc) is 2.52. The predicted molar refractivity (Wildman–Crippen MR) is 76.8 cm³/mol. The monoisotopic (exact) mass is 276 g/mol. The Morgan fingerprint density at radius 3 is 2.55 bits per heavy atom. The van der Waals surface area contributed by atoms with Crippen LogP contribution < -0.4 is 10.2 Å². The number of methoxy groups -OCH3 is 1. The van der Waals surface area contributed by atoms with Crippen LogP contribution in [0.5, 0.6) is 5.75 Å². The summed E-state index contributed by atoms with van der Waals surface area (Å²) in [5.74, 6) is 0.780. The fraction of sp³-hybridized carbons (Fsp3) is 0.467. The molecule has 0 unspecified atom stereocenters. The van der Waals surface area contributed by atoms with E-state index >= 15 is 0 Å². The summed E-state index contributed by atoms with van der Waals surface area (Å²) in [6.07, 6.45) is 4.99. The molecule has 2 rings (SSSR count). The van der Waals surface area contributed by atoms with Crippen LogP contribution in [0.4, 0.5) is 4.79 Å². The van der Waals surface area contributed by atoms with Crippen molar-refractivity contribution in [3.05, 3.63) is 29.8 Å². The van der Waals surface area contributed by atoms with Gasteiger partial charge in [-0.3, -0.25) is 0 Å². The molecule has 1 fully saturated rings. The molecular weight excluding hydrogens is 256 g/mol. The highest BCUT2D eigenvalue weighted by Crippen LogP contribution is 2.14. The maximum Gasteiger partial charge on any atom is 0.428 e. The first kappa shape index (κ1) is 14.4. The molecule has 0 aliphatic heterocycles. The number of nitrogens with one attached hydrogen (secondary N) is 1. The molecule has 1 aromatic carbocycles. The van der Waals surface area contributed by atoms with Gasteiger partial charge < -0.3 is 9.47 Å². The van der Waals surface area contributed by atoms with Crippen molar-refractivity contribution in [1.29, 1.82) is 0 Å². The molecular formula is C15H20N2O3. The number of hydrazone groups is 1. The fourth-order valence-electron chi connectivity index (χ4n) is 2.10. The molecule has 0 bridgehead atoms. The van der Waals surface area contributed by atoms with E-state index in [-0.39, 0.29) is 6.61 Å². The number of nitrogens with zero attached hydrogens (tertiary/aromatic N) is 1. The summed E-state index contributed by atoms with van der Waals surface area (Å²) in [6, 6.07) is 7.38. The Morgan fingerprint density at radius 2 is 1.90 bits per heavy atom. The summed E-state index contributed by atoms with van der Waals surface area (Å²) in [6.45, 7) is 0.223. The van der Waals surface area contributed by atoms with E-state index in [0.29, 0.717) is 0 Å². The van der Waals surface area contributed by atoms with Crippen LogP contribution in [0.1, 0.15) is 37.7 Å². The standard InChI is InChI=1S/C15H20N2O3/c1-19-14-9-7-12(8-10-14)11-20-15(18)17-16-13-5-3-2-4-6-13/h7-10H,2-6,11H2,1H3,(H,17,18). The first-order valence-electron chi connectivity index (χ1n) is 6.89. The van der Waals surface area contributed by atoms with Crippen LogP contribution in [0.2, 0.25) is 0 Å². The van der Waals surface area contributed by atoms with Gasteiger partial charge in [0.2, 0.25) is 0 Å². The van der Waals surface area contributed by atoms with Crippen LogP contribution >= 0.6 is 0 Å². The third-order valence-electron chi connectivity index (χ3n) is 3.27. The number of ether oxygens (including phenoxy) is 2. The van der Waals surface area contributed by atoms with E-state index in [1.54, 1.807) is 7.11 Å². The highest BCUT2D eigenvalue weighted by molar-refractivity contribution is 5.85. The molecule has 1 aliphatic carbocycles. The van der Waals surface area contributed by atoms with Crippen LogP contribution in [-0.2, 0) is 11.3 Å². The molecule has 108 valence electrons. The third kappa shape index (κ3) is 4.57. The quantitative estimate of drug-likeness (QED) is 0.859. The SMILES string of the molecule is COc1ccc(COC(=O)NN=C2CCCCC2)cc1. The van der Waals surface area contributed by atoms with E-state index in [9.17, 15) is 4.79 Å². The Kier molecular flexibility index (Phi) is 5.41. The van der Waals surface area contributed by atoms with Crippen LogP contribution in [0.25, 0.3) is 0 Å². The van der Waals surface area contributed by atoms with Crippen LogP contribution in [0.15, 0.2) is 29.4 Å². The number of rotatable bonds is 4. The maximum atomic E-state index is 11.5. The second-order valence-corrected chi connectivity index (χ2v) is 4.77. The van der Waals surface area contributed by atoms with Crippen molar-refractivity contribution < 1.29 is 14.3 Å². The van der Waals surface area contributed by atoms with E-state index in [1.807, 2.05) is 24.3 Å². The minimum Gasteiger partial charge on any atom is -0.497 e. The number of carbonyl (C=O) groups is 1. The lowest BCUT2D eigenvalue weighted by molar-refractivity contribution is 0.140. The number of hydrogen-bond donors (Lipinski definition) is 1. The molecule has 1 saturated carbocycles. The number of carbonyl (C=O) groups excluding carboxylic acids is 1. The Morgan fingerprint density at radius 1 is 1.20 bits per heavy atom. The molecule has 0 atom stereocenters. The van der Waals surface area contributed by atoms with Crippen molar-refractivity contribution >= 4 is 11.8 Å². The van der Waals surface area contributed by atoms with E-state index in [2.05, 4.69) is 10.5 Å². The zero-order valence-electron chi connectivity index (χ0n) is 11.7. The first-order valence-corrected chi connectivity index (χ1v) is 6.89. The van der Waals surface area contributed by atoms with Gasteiger partial charge in [0.1, 0.15) is 12.4 Å². The number of hydrogen-bond acceptors (Lipinski definition) is 4. The van der Waals surface area contributed by atoms with E-state index in [4.69, 9.17) is 9.47 Å². The molecule has 0 spiro atoms. The van der Waals surface area contributed by atoms with Crippen molar-refractivity contribution in [3.8, 4) is 5.75 Å². The third-order valence-corrected chi connectivity index (χ3v) is 3.27. The molecule has 0 heterocycles. The van der Waals surface area contributed by atoms with Gasteiger partial charge in [-0.25, -0.2) is 10.2 Å². The van der Waals surface area contributed by atoms with Crippen LogP contribution in [0.3, 0.4) is 0 Å². The highest BCUT2D eigenvalue weighted by atomic mass is 16.6. The number of amides is 1. The van der Waals surface area contributed by atoms with Gasteiger partial charge in [0.25, 0.3) is 0 Å². The van der Waals surface area contributed by atoms with Gasteiger partial charge in [-0.05, 0) is 43.4 Å². The van der Waals surface area contributed by atoms with Crippen molar-refractivity contribution in [2.45, 2.75) is 38.7 Å². The van der Waals surface area contributed by atoms with Crippen molar-refractivity contribution in [3.63, 3.8) is 0 Å². The van der Waals surface area contributed by atoms with Crippen LogP contribution in [0, 0.1) is 0 Å². The normalized spacial score (nSPS) is 14.6. The predicted octanol–water partition coefficient (Wildman–Crippen LogP) is 3.24. The summed E-state index contributed by atoms with van der Waals surface area (Å²) < 4.78 is 10.2. The lowest BCUT2D eigenvalue weighted by Gasteiger charge is -2.12. The van der Waals surface area contributed by atoms with Gasteiger partial charge in [-0.1, -0.05) is 18.6 Å². The molecule has 1 aliphatic rings. The summed E-state index contributed by atoms with van der Waals surface area (Å²) in [5, 5.41) is 4.09. The van der Waals surface area contributed by atoms with Crippen molar-refractivity contribution in [2.24, 2.45) is 5.10 Å².